The Morgan fingerprint density at radius 1 is 1.12 bits per heavy atom. The standard InChI is InChI=1S/C21H28N2O/c1-5-23(17-13-16(14-17)20(24)22-21(2,3)4)19-12-8-10-15-9-6-7-11-18(15)19/h6-12,16-17H,5,13-14H2,1-4H3,(H,22,24). The largest absolute Gasteiger partial charge is 0.368 e. The van der Waals surface area contributed by atoms with E-state index in [0.29, 0.717) is 6.04 Å². The maximum Gasteiger partial charge on any atom is 0.223 e. The minimum Gasteiger partial charge on any atom is -0.368 e. The number of benzene rings is 2. The molecule has 0 aromatic heterocycles. The van der Waals surface area contributed by atoms with Gasteiger partial charge in [-0.3, -0.25) is 4.79 Å². The molecule has 2 aromatic carbocycles. The van der Waals surface area contributed by atoms with Crippen molar-refractivity contribution < 1.29 is 4.79 Å². The first kappa shape index (κ1) is 16.8. The second-order valence-corrected chi connectivity index (χ2v) is 7.85. The number of hydrogen-bond acceptors (Lipinski definition) is 2. The van der Waals surface area contributed by atoms with Gasteiger partial charge in [-0.25, -0.2) is 0 Å². The predicted molar refractivity (Wildman–Crippen MR) is 101 cm³/mol. The molecule has 2 aromatic rings. The Morgan fingerprint density at radius 3 is 2.46 bits per heavy atom. The molecule has 0 radical (unpaired) electrons. The lowest BCUT2D eigenvalue weighted by Gasteiger charge is -2.44. The number of amides is 1. The van der Waals surface area contributed by atoms with E-state index in [9.17, 15) is 4.79 Å². The molecule has 0 saturated heterocycles. The molecule has 3 heteroatoms. The summed E-state index contributed by atoms with van der Waals surface area (Å²) < 4.78 is 0. The van der Waals surface area contributed by atoms with Crippen molar-refractivity contribution in [2.24, 2.45) is 5.92 Å². The number of nitrogens with one attached hydrogen (secondary N) is 1. The molecule has 0 unspecified atom stereocenters. The first-order valence-electron chi connectivity index (χ1n) is 8.95. The van der Waals surface area contributed by atoms with Gasteiger partial charge in [-0.1, -0.05) is 36.4 Å². The van der Waals surface area contributed by atoms with E-state index in [-0.39, 0.29) is 17.4 Å². The molecule has 3 nitrogen and oxygen atoms in total. The topological polar surface area (TPSA) is 32.3 Å². The van der Waals surface area contributed by atoms with E-state index in [1.807, 2.05) is 20.8 Å². The van der Waals surface area contributed by atoms with Crippen molar-refractivity contribution in [3.05, 3.63) is 42.5 Å². The molecule has 0 aliphatic heterocycles. The van der Waals surface area contributed by atoms with Crippen LogP contribution in [-0.2, 0) is 4.79 Å². The van der Waals surface area contributed by atoms with E-state index in [2.05, 4.69) is 59.6 Å². The van der Waals surface area contributed by atoms with Crippen molar-refractivity contribution in [1.29, 1.82) is 0 Å². The molecule has 0 atom stereocenters. The Morgan fingerprint density at radius 2 is 1.79 bits per heavy atom. The summed E-state index contributed by atoms with van der Waals surface area (Å²) >= 11 is 0. The quantitative estimate of drug-likeness (QED) is 0.906. The van der Waals surface area contributed by atoms with Gasteiger partial charge in [0.2, 0.25) is 5.91 Å². The summed E-state index contributed by atoms with van der Waals surface area (Å²) in [6, 6.07) is 15.5. The number of carbonyl (C=O) groups is 1. The SMILES string of the molecule is CCN(c1cccc2ccccc12)C1CC(C(=O)NC(C)(C)C)C1. The minimum absolute atomic E-state index is 0.151. The van der Waals surface area contributed by atoms with Gasteiger partial charge >= 0.3 is 0 Å². The summed E-state index contributed by atoms with van der Waals surface area (Å²) in [4.78, 5) is 14.8. The molecule has 1 aliphatic carbocycles. The molecule has 1 saturated carbocycles. The van der Waals surface area contributed by atoms with E-state index < -0.39 is 0 Å². The van der Waals surface area contributed by atoms with Crippen LogP contribution >= 0.6 is 0 Å². The molecule has 1 amide bonds. The van der Waals surface area contributed by atoms with E-state index in [1.54, 1.807) is 0 Å². The minimum atomic E-state index is -0.151. The number of nitrogens with zero attached hydrogens (tertiary/aromatic N) is 1. The van der Waals surface area contributed by atoms with Crippen molar-refractivity contribution in [3.63, 3.8) is 0 Å². The van der Waals surface area contributed by atoms with E-state index in [0.717, 1.165) is 19.4 Å². The lowest BCUT2D eigenvalue weighted by molar-refractivity contribution is -0.129. The van der Waals surface area contributed by atoms with Crippen molar-refractivity contribution in [3.8, 4) is 0 Å². The van der Waals surface area contributed by atoms with E-state index in [1.165, 1.54) is 16.5 Å². The van der Waals surface area contributed by atoms with Crippen molar-refractivity contribution in [1.82, 2.24) is 5.32 Å². The Kier molecular flexibility index (Phi) is 4.53. The van der Waals surface area contributed by atoms with Gasteiger partial charge in [0.25, 0.3) is 0 Å². The summed E-state index contributed by atoms with van der Waals surface area (Å²) in [6.07, 6.45) is 1.89. The Labute approximate surface area is 145 Å². The number of rotatable bonds is 4. The van der Waals surface area contributed by atoms with Crippen LogP contribution in [0.15, 0.2) is 42.5 Å². The first-order chi connectivity index (χ1) is 11.4. The second-order valence-electron chi connectivity index (χ2n) is 7.85. The normalized spacial score (nSPS) is 20.5. The van der Waals surface area contributed by atoms with Gasteiger partial charge in [0.05, 0.1) is 0 Å². The Hall–Kier alpha value is -2.03. The summed E-state index contributed by atoms with van der Waals surface area (Å²) in [6.45, 7) is 9.27. The Balaban J connectivity index is 1.74. The summed E-state index contributed by atoms with van der Waals surface area (Å²) in [7, 11) is 0. The predicted octanol–water partition coefficient (Wildman–Crippen LogP) is 4.36. The highest BCUT2D eigenvalue weighted by molar-refractivity contribution is 5.94. The highest BCUT2D eigenvalue weighted by Crippen LogP contribution is 2.37. The van der Waals surface area contributed by atoms with Crippen LogP contribution in [0.4, 0.5) is 5.69 Å². The third-order valence-corrected chi connectivity index (χ3v) is 4.84. The lowest BCUT2D eigenvalue weighted by atomic mass is 9.78. The van der Waals surface area contributed by atoms with Crippen LogP contribution in [0.1, 0.15) is 40.5 Å². The molecule has 0 spiro atoms. The van der Waals surface area contributed by atoms with Crippen LogP contribution in [-0.4, -0.2) is 24.0 Å². The summed E-state index contributed by atoms with van der Waals surface area (Å²) in [5.41, 5.74) is 1.14. The summed E-state index contributed by atoms with van der Waals surface area (Å²) in [5.74, 6) is 0.353. The lowest BCUT2D eigenvalue weighted by Crippen LogP contribution is -2.53. The van der Waals surface area contributed by atoms with Crippen LogP contribution < -0.4 is 10.2 Å². The van der Waals surface area contributed by atoms with Crippen molar-refractivity contribution in [2.45, 2.75) is 52.1 Å². The zero-order valence-corrected chi connectivity index (χ0v) is 15.2. The Bertz CT molecular complexity index is 721. The van der Waals surface area contributed by atoms with E-state index in [4.69, 9.17) is 0 Å². The molecule has 1 N–H and O–H groups in total. The molecular formula is C21H28N2O. The highest BCUT2D eigenvalue weighted by Gasteiger charge is 2.38. The van der Waals surface area contributed by atoms with Crippen LogP contribution in [0.5, 0.6) is 0 Å². The van der Waals surface area contributed by atoms with Gasteiger partial charge in [0.1, 0.15) is 0 Å². The highest BCUT2D eigenvalue weighted by atomic mass is 16.2. The van der Waals surface area contributed by atoms with Gasteiger partial charge in [0, 0.05) is 35.1 Å². The van der Waals surface area contributed by atoms with Gasteiger partial charge in [-0.15, -0.1) is 0 Å². The van der Waals surface area contributed by atoms with Crippen LogP contribution in [0.25, 0.3) is 10.8 Å². The van der Waals surface area contributed by atoms with Crippen molar-refractivity contribution in [2.75, 3.05) is 11.4 Å². The van der Waals surface area contributed by atoms with Crippen LogP contribution in [0, 0.1) is 5.92 Å². The van der Waals surface area contributed by atoms with Gasteiger partial charge in [-0.2, -0.15) is 0 Å². The fourth-order valence-electron chi connectivity index (χ4n) is 3.61. The third kappa shape index (κ3) is 3.40. The second kappa shape index (κ2) is 6.46. The molecule has 128 valence electrons. The zero-order valence-electron chi connectivity index (χ0n) is 15.2. The van der Waals surface area contributed by atoms with Crippen LogP contribution in [0.2, 0.25) is 0 Å². The molecule has 0 heterocycles. The van der Waals surface area contributed by atoms with Crippen LogP contribution in [0.3, 0.4) is 0 Å². The maximum absolute atomic E-state index is 12.3. The number of anilines is 1. The monoisotopic (exact) mass is 324 g/mol. The molecule has 3 rings (SSSR count). The zero-order chi connectivity index (χ0) is 17.3. The number of fused-ring (bicyclic) bond motifs is 1. The fraction of sp³-hybridized carbons (Fsp3) is 0.476. The van der Waals surface area contributed by atoms with E-state index >= 15 is 0 Å². The first-order valence-corrected chi connectivity index (χ1v) is 8.95. The van der Waals surface area contributed by atoms with Crippen molar-refractivity contribution >= 4 is 22.4 Å². The number of carbonyl (C=O) groups excluding carboxylic acids is 1. The van der Waals surface area contributed by atoms with Gasteiger partial charge in [-0.05, 0) is 52.0 Å². The number of hydrogen-bond donors (Lipinski definition) is 1. The molecule has 1 aliphatic rings. The smallest absolute Gasteiger partial charge is 0.223 e. The summed E-state index contributed by atoms with van der Waals surface area (Å²) in [5, 5.41) is 5.68. The fourth-order valence-corrected chi connectivity index (χ4v) is 3.61. The maximum atomic E-state index is 12.3. The average Bonchev–Trinajstić information content (AvgIpc) is 2.48. The molecular weight excluding hydrogens is 296 g/mol. The average molecular weight is 324 g/mol. The molecule has 0 bridgehead atoms. The van der Waals surface area contributed by atoms with Gasteiger partial charge < -0.3 is 10.2 Å². The molecule has 24 heavy (non-hydrogen) atoms. The molecule has 1 fully saturated rings. The third-order valence-electron chi connectivity index (χ3n) is 4.84. The van der Waals surface area contributed by atoms with Gasteiger partial charge in [0.15, 0.2) is 0 Å².